The zero-order chi connectivity index (χ0) is 9.68. The molecule has 70 valence electrons. The fourth-order valence-corrected chi connectivity index (χ4v) is 1.08. The number of hydrogen-bond donors (Lipinski definition) is 0. The second-order valence-electron chi connectivity index (χ2n) is 2.94. The minimum Gasteiger partial charge on any atom is -0.406 e. The Bertz CT molecular complexity index is 292. The zero-order valence-electron chi connectivity index (χ0n) is 8.32. The van der Waals surface area contributed by atoms with Gasteiger partial charge < -0.3 is 4.84 Å². The summed E-state index contributed by atoms with van der Waals surface area (Å²) in [6, 6.07) is 7.94. The van der Waals surface area contributed by atoms with Crippen molar-refractivity contribution >= 4 is 6.08 Å². The quantitative estimate of drug-likeness (QED) is 0.658. The van der Waals surface area contributed by atoms with E-state index in [9.17, 15) is 0 Å². The molecule has 0 N–H and O–H groups in total. The largest absolute Gasteiger partial charge is 0.406 e. The predicted octanol–water partition coefficient (Wildman–Crippen LogP) is 2.58. The minimum atomic E-state index is 0.880. The van der Waals surface area contributed by atoms with E-state index in [4.69, 9.17) is 4.84 Å². The topological polar surface area (TPSA) is 12.5 Å². The summed E-state index contributed by atoms with van der Waals surface area (Å²) in [4.78, 5) is 5.48. The van der Waals surface area contributed by atoms with Crippen LogP contribution in [-0.4, -0.2) is 19.2 Å². The minimum absolute atomic E-state index is 0.880. The van der Waals surface area contributed by atoms with Gasteiger partial charge in [0.15, 0.2) is 5.75 Å². The summed E-state index contributed by atoms with van der Waals surface area (Å²) in [5, 5.41) is 1.68. The van der Waals surface area contributed by atoms with Crippen molar-refractivity contribution in [3.05, 3.63) is 35.9 Å². The third kappa shape index (κ3) is 2.92. The Labute approximate surface area is 79.4 Å². The normalized spacial score (nSPS) is 11.1. The lowest BCUT2D eigenvalue weighted by molar-refractivity contribution is -0.00348. The molecule has 0 saturated carbocycles. The van der Waals surface area contributed by atoms with E-state index in [0.717, 1.165) is 11.3 Å². The Morgan fingerprint density at radius 2 is 1.92 bits per heavy atom. The molecule has 2 nitrogen and oxygen atoms in total. The summed E-state index contributed by atoms with van der Waals surface area (Å²) >= 11 is 0. The second-order valence-corrected chi connectivity index (χ2v) is 2.94. The predicted molar refractivity (Wildman–Crippen MR) is 55.5 cm³/mol. The molecule has 1 aromatic carbocycles. The van der Waals surface area contributed by atoms with Crippen molar-refractivity contribution in [1.82, 2.24) is 5.06 Å². The highest BCUT2D eigenvalue weighted by atomic mass is 16.7. The van der Waals surface area contributed by atoms with Gasteiger partial charge in [0.25, 0.3) is 0 Å². The van der Waals surface area contributed by atoms with Crippen LogP contribution in [0.1, 0.15) is 12.5 Å². The standard InChI is InChI=1S/C11H15NO/c1-4-7-10-8-5-6-9-11(10)13-12(2)3/h4-9H,1-3H3/b7-4-. The molecule has 0 aliphatic rings. The number of rotatable bonds is 3. The highest BCUT2D eigenvalue weighted by Crippen LogP contribution is 2.19. The van der Waals surface area contributed by atoms with E-state index < -0.39 is 0 Å². The van der Waals surface area contributed by atoms with Gasteiger partial charge in [-0.25, -0.2) is 0 Å². The number of hydrogen-bond acceptors (Lipinski definition) is 2. The smallest absolute Gasteiger partial charge is 0.154 e. The molecule has 0 unspecified atom stereocenters. The highest BCUT2D eigenvalue weighted by Gasteiger charge is 1.99. The van der Waals surface area contributed by atoms with Crippen molar-refractivity contribution in [3.63, 3.8) is 0 Å². The van der Waals surface area contributed by atoms with E-state index in [1.165, 1.54) is 0 Å². The molecule has 13 heavy (non-hydrogen) atoms. The molecule has 0 radical (unpaired) electrons. The first kappa shape index (κ1) is 9.81. The van der Waals surface area contributed by atoms with E-state index in [1.54, 1.807) is 5.06 Å². The number of benzene rings is 1. The van der Waals surface area contributed by atoms with Gasteiger partial charge in [-0.3, -0.25) is 0 Å². The van der Waals surface area contributed by atoms with E-state index in [-0.39, 0.29) is 0 Å². The summed E-state index contributed by atoms with van der Waals surface area (Å²) in [6.07, 6.45) is 4.02. The van der Waals surface area contributed by atoms with Crippen LogP contribution < -0.4 is 4.84 Å². The van der Waals surface area contributed by atoms with Crippen LogP contribution in [0.25, 0.3) is 6.08 Å². The van der Waals surface area contributed by atoms with Crippen molar-refractivity contribution in [2.24, 2.45) is 0 Å². The lowest BCUT2D eigenvalue weighted by Crippen LogP contribution is -2.16. The maximum atomic E-state index is 5.48. The Hall–Kier alpha value is -1.28. The van der Waals surface area contributed by atoms with Gasteiger partial charge in [-0.15, -0.1) is 0 Å². The molecular weight excluding hydrogens is 162 g/mol. The summed E-state index contributed by atoms with van der Waals surface area (Å²) in [7, 11) is 3.74. The Morgan fingerprint density at radius 1 is 1.23 bits per heavy atom. The molecule has 0 bridgehead atoms. The molecule has 1 aromatic rings. The van der Waals surface area contributed by atoms with Crippen LogP contribution in [0.4, 0.5) is 0 Å². The SMILES string of the molecule is C/C=C\c1ccccc1ON(C)C. The summed E-state index contributed by atoms with van der Waals surface area (Å²) < 4.78 is 0. The van der Waals surface area contributed by atoms with Gasteiger partial charge in [0.05, 0.1) is 0 Å². The lowest BCUT2D eigenvalue weighted by Gasteiger charge is -2.13. The third-order valence-electron chi connectivity index (χ3n) is 1.55. The first-order valence-corrected chi connectivity index (χ1v) is 4.31. The molecule has 0 saturated heterocycles. The Morgan fingerprint density at radius 3 is 2.54 bits per heavy atom. The maximum absolute atomic E-state index is 5.48. The lowest BCUT2D eigenvalue weighted by atomic mass is 10.2. The van der Waals surface area contributed by atoms with E-state index in [0.29, 0.717) is 0 Å². The average molecular weight is 177 g/mol. The van der Waals surface area contributed by atoms with Gasteiger partial charge in [-0.2, -0.15) is 5.06 Å². The molecule has 1 rings (SSSR count). The zero-order valence-corrected chi connectivity index (χ0v) is 8.32. The fourth-order valence-electron chi connectivity index (χ4n) is 1.08. The first-order chi connectivity index (χ1) is 6.24. The van der Waals surface area contributed by atoms with Gasteiger partial charge in [0.1, 0.15) is 0 Å². The maximum Gasteiger partial charge on any atom is 0.154 e. The summed E-state index contributed by atoms with van der Waals surface area (Å²) in [5.74, 6) is 0.880. The van der Waals surface area contributed by atoms with Crippen molar-refractivity contribution in [2.75, 3.05) is 14.1 Å². The van der Waals surface area contributed by atoms with E-state index in [2.05, 4.69) is 0 Å². The molecule has 0 heterocycles. The van der Waals surface area contributed by atoms with Gasteiger partial charge in [-0.05, 0) is 13.0 Å². The van der Waals surface area contributed by atoms with Gasteiger partial charge in [0, 0.05) is 19.7 Å². The molecular formula is C11H15NO. The summed E-state index contributed by atoms with van der Waals surface area (Å²) in [6.45, 7) is 1.99. The van der Waals surface area contributed by atoms with Crippen LogP contribution in [-0.2, 0) is 0 Å². The van der Waals surface area contributed by atoms with Crippen molar-refractivity contribution in [1.29, 1.82) is 0 Å². The molecule has 0 aliphatic heterocycles. The number of allylic oxidation sites excluding steroid dienone is 1. The van der Waals surface area contributed by atoms with Crippen molar-refractivity contribution < 1.29 is 4.84 Å². The second kappa shape index (κ2) is 4.67. The third-order valence-corrected chi connectivity index (χ3v) is 1.55. The Balaban J connectivity index is 2.90. The fraction of sp³-hybridized carbons (Fsp3) is 0.273. The molecule has 2 heteroatoms. The number of hydroxylamine groups is 2. The van der Waals surface area contributed by atoms with Crippen LogP contribution in [0.2, 0.25) is 0 Å². The summed E-state index contributed by atoms with van der Waals surface area (Å²) in [5.41, 5.74) is 1.10. The molecule has 0 spiro atoms. The van der Waals surface area contributed by atoms with Crippen molar-refractivity contribution in [3.8, 4) is 5.75 Å². The average Bonchev–Trinajstić information content (AvgIpc) is 2.08. The molecule has 0 aliphatic carbocycles. The monoisotopic (exact) mass is 177 g/mol. The Kier molecular flexibility index (Phi) is 3.53. The van der Waals surface area contributed by atoms with Crippen LogP contribution in [0.3, 0.4) is 0 Å². The van der Waals surface area contributed by atoms with Crippen molar-refractivity contribution in [2.45, 2.75) is 6.92 Å². The van der Waals surface area contributed by atoms with Crippen LogP contribution in [0.5, 0.6) is 5.75 Å². The number of nitrogens with zero attached hydrogens (tertiary/aromatic N) is 1. The van der Waals surface area contributed by atoms with Crippen LogP contribution in [0, 0.1) is 0 Å². The van der Waals surface area contributed by atoms with Gasteiger partial charge in [-0.1, -0.05) is 30.4 Å². The van der Waals surface area contributed by atoms with Crippen LogP contribution in [0.15, 0.2) is 30.3 Å². The number of para-hydroxylation sites is 1. The molecule has 0 aromatic heterocycles. The molecule has 0 amide bonds. The first-order valence-electron chi connectivity index (χ1n) is 4.31. The van der Waals surface area contributed by atoms with Crippen LogP contribution >= 0.6 is 0 Å². The molecule has 0 fully saturated rings. The van der Waals surface area contributed by atoms with E-state index in [1.807, 2.05) is 57.4 Å². The van der Waals surface area contributed by atoms with Gasteiger partial charge >= 0.3 is 0 Å². The molecule has 0 atom stereocenters. The van der Waals surface area contributed by atoms with E-state index >= 15 is 0 Å². The van der Waals surface area contributed by atoms with Gasteiger partial charge in [0.2, 0.25) is 0 Å². The highest BCUT2D eigenvalue weighted by molar-refractivity contribution is 5.56.